The Hall–Kier alpha value is -1.85. The van der Waals surface area contributed by atoms with E-state index >= 15 is 0 Å². The first-order chi connectivity index (χ1) is 9.08. The molecule has 19 heavy (non-hydrogen) atoms. The molecular formula is C12H9Cl2N3O2. The zero-order chi connectivity index (χ0) is 13.8. The van der Waals surface area contributed by atoms with Crippen LogP contribution in [0.4, 0.5) is 5.95 Å². The van der Waals surface area contributed by atoms with Crippen molar-refractivity contribution >= 4 is 35.1 Å². The minimum absolute atomic E-state index is 0.0642. The molecule has 98 valence electrons. The number of halogens is 2. The summed E-state index contributed by atoms with van der Waals surface area (Å²) in [7, 11) is 1.45. The van der Waals surface area contributed by atoms with Crippen molar-refractivity contribution in [2.24, 2.45) is 0 Å². The van der Waals surface area contributed by atoms with Crippen molar-refractivity contribution in [2.45, 2.75) is 0 Å². The summed E-state index contributed by atoms with van der Waals surface area (Å²) >= 11 is 11.6. The summed E-state index contributed by atoms with van der Waals surface area (Å²) < 4.78 is 4.93. The van der Waals surface area contributed by atoms with E-state index < -0.39 is 0 Å². The van der Waals surface area contributed by atoms with Crippen LogP contribution < -0.4 is 10.1 Å². The predicted molar refractivity (Wildman–Crippen MR) is 73.0 cm³/mol. The minimum Gasteiger partial charge on any atom is -0.481 e. The van der Waals surface area contributed by atoms with Gasteiger partial charge in [0, 0.05) is 16.7 Å². The normalized spacial score (nSPS) is 10.1. The first-order valence-corrected chi connectivity index (χ1v) is 5.99. The van der Waals surface area contributed by atoms with E-state index in [0.29, 0.717) is 10.6 Å². The Morgan fingerprint density at radius 1 is 1.26 bits per heavy atom. The van der Waals surface area contributed by atoms with Crippen molar-refractivity contribution < 1.29 is 9.53 Å². The number of nitrogens with one attached hydrogen (secondary N) is 1. The smallest absolute Gasteiger partial charge is 0.258 e. The van der Waals surface area contributed by atoms with Gasteiger partial charge in [-0.25, -0.2) is 4.98 Å². The number of ether oxygens (including phenoxy) is 1. The van der Waals surface area contributed by atoms with Crippen LogP contribution in [0.2, 0.25) is 10.2 Å². The number of nitrogens with zero attached hydrogens (tertiary/aromatic N) is 2. The Balaban J connectivity index is 2.21. The number of carbonyl (C=O) groups is 1. The summed E-state index contributed by atoms with van der Waals surface area (Å²) in [5, 5.41) is 3.16. The standard InChI is InChI=1S/C12H9Cl2N3O2/c1-19-10-6-9(14)15-12(16-10)17-11(18)7-3-2-4-8(13)5-7/h2-6H,1H3,(H,15,16,17,18). The van der Waals surface area contributed by atoms with Crippen LogP contribution in [0.3, 0.4) is 0 Å². The lowest BCUT2D eigenvalue weighted by Crippen LogP contribution is -2.14. The van der Waals surface area contributed by atoms with Gasteiger partial charge in [-0.2, -0.15) is 4.98 Å². The Morgan fingerprint density at radius 3 is 2.74 bits per heavy atom. The molecule has 7 heteroatoms. The molecule has 1 heterocycles. The van der Waals surface area contributed by atoms with Gasteiger partial charge in [0.15, 0.2) is 0 Å². The first-order valence-electron chi connectivity index (χ1n) is 5.24. The van der Waals surface area contributed by atoms with Crippen LogP contribution in [-0.4, -0.2) is 23.0 Å². The number of anilines is 1. The van der Waals surface area contributed by atoms with Gasteiger partial charge in [-0.3, -0.25) is 10.1 Å². The maximum Gasteiger partial charge on any atom is 0.258 e. The summed E-state index contributed by atoms with van der Waals surface area (Å²) in [5.74, 6) is -0.0532. The molecule has 0 saturated carbocycles. The molecule has 0 aliphatic rings. The minimum atomic E-state index is -0.383. The van der Waals surface area contributed by atoms with Crippen LogP contribution in [0.25, 0.3) is 0 Å². The molecule has 0 unspecified atom stereocenters. The van der Waals surface area contributed by atoms with Gasteiger partial charge in [-0.05, 0) is 18.2 Å². The number of hydrogen-bond donors (Lipinski definition) is 1. The van der Waals surface area contributed by atoms with E-state index in [1.165, 1.54) is 13.2 Å². The van der Waals surface area contributed by atoms with E-state index in [-0.39, 0.29) is 22.9 Å². The summed E-state index contributed by atoms with van der Waals surface area (Å²) in [5.41, 5.74) is 0.398. The molecule has 0 fully saturated rings. The maximum atomic E-state index is 11.9. The molecule has 0 saturated heterocycles. The highest BCUT2D eigenvalue weighted by atomic mass is 35.5. The van der Waals surface area contributed by atoms with E-state index in [1.807, 2.05) is 0 Å². The fourth-order valence-electron chi connectivity index (χ4n) is 1.36. The second-order valence-electron chi connectivity index (χ2n) is 3.52. The fraction of sp³-hybridized carbons (Fsp3) is 0.0833. The summed E-state index contributed by atoms with van der Waals surface area (Å²) in [6, 6.07) is 7.96. The van der Waals surface area contributed by atoms with Crippen LogP contribution in [-0.2, 0) is 0 Å². The molecule has 1 aromatic heterocycles. The first kappa shape index (κ1) is 13.6. The Bertz CT molecular complexity index is 620. The van der Waals surface area contributed by atoms with Gasteiger partial charge >= 0.3 is 0 Å². The highest BCUT2D eigenvalue weighted by Gasteiger charge is 2.10. The summed E-state index contributed by atoms with van der Waals surface area (Å²) in [4.78, 5) is 19.8. The van der Waals surface area contributed by atoms with Crippen molar-refractivity contribution in [1.29, 1.82) is 0 Å². The van der Waals surface area contributed by atoms with E-state index in [1.54, 1.807) is 24.3 Å². The van der Waals surface area contributed by atoms with Crippen LogP contribution >= 0.6 is 23.2 Å². The van der Waals surface area contributed by atoms with E-state index in [2.05, 4.69) is 15.3 Å². The summed E-state index contributed by atoms with van der Waals surface area (Å²) in [6.45, 7) is 0. The number of amides is 1. The fourth-order valence-corrected chi connectivity index (χ4v) is 1.72. The lowest BCUT2D eigenvalue weighted by atomic mass is 10.2. The van der Waals surface area contributed by atoms with Crippen molar-refractivity contribution in [2.75, 3.05) is 12.4 Å². The molecule has 0 spiro atoms. The molecular weight excluding hydrogens is 289 g/mol. The van der Waals surface area contributed by atoms with Crippen LogP contribution in [0.1, 0.15) is 10.4 Å². The number of hydrogen-bond acceptors (Lipinski definition) is 4. The Kier molecular flexibility index (Phi) is 4.19. The molecule has 0 bridgehead atoms. The topological polar surface area (TPSA) is 64.1 Å². The summed E-state index contributed by atoms with van der Waals surface area (Å²) in [6.07, 6.45) is 0. The molecule has 1 N–H and O–H groups in total. The molecule has 0 radical (unpaired) electrons. The quantitative estimate of drug-likeness (QED) is 0.885. The molecule has 1 amide bonds. The second kappa shape index (κ2) is 5.86. The largest absolute Gasteiger partial charge is 0.481 e. The number of carbonyl (C=O) groups excluding carboxylic acids is 1. The Morgan fingerprint density at radius 2 is 2.05 bits per heavy atom. The molecule has 1 aromatic carbocycles. The Labute approximate surface area is 119 Å². The highest BCUT2D eigenvalue weighted by molar-refractivity contribution is 6.31. The van der Waals surface area contributed by atoms with Crippen molar-refractivity contribution in [3.63, 3.8) is 0 Å². The van der Waals surface area contributed by atoms with Gasteiger partial charge in [0.05, 0.1) is 7.11 Å². The number of rotatable bonds is 3. The predicted octanol–water partition coefficient (Wildman–Crippen LogP) is 3.04. The molecule has 0 aliphatic carbocycles. The lowest BCUT2D eigenvalue weighted by molar-refractivity contribution is 0.102. The average molecular weight is 298 g/mol. The third-order valence-corrected chi connectivity index (χ3v) is 2.62. The monoisotopic (exact) mass is 297 g/mol. The molecule has 2 rings (SSSR count). The van der Waals surface area contributed by atoms with Crippen LogP contribution in [0.5, 0.6) is 5.88 Å². The van der Waals surface area contributed by atoms with Gasteiger partial charge < -0.3 is 4.74 Å². The van der Waals surface area contributed by atoms with Crippen molar-refractivity contribution in [3.05, 3.63) is 46.1 Å². The molecule has 2 aromatic rings. The van der Waals surface area contributed by atoms with Crippen LogP contribution in [0.15, 0.2) is 30.3 Å². The zero-order valence-electron chi connectivity index (χ0n) is 9.85. The van der Waals surface area contributed by atoms with Gasteiger partial charge in [0.25, 0.3) is 5.91 Å². The number of methoxy groups -OCH3 is 1. The maximum absolute atomic E-state index is 11.9. The van der Waals surface area contributed by atoms with E-state index in [9.17, 15) is 4.79 Å². The highest BCUT2D eigenvalue weighted by Crippen LogP contribution is 2.17. The lowest BCUT2D eigenvalue weighted by Gasteiger charge is -2.06. The van der Waals surface area contributed by atoms with Gasteiger partial charge in [0.2, 0.25) is 11.8 Å². The van der Waals surface area contributed by atoms with Gasteiger partial charge in [0.1, 0.15) is 5.15 Å². The number of aromatic nitrogens is 2. The molecule has 5 nitrogen and oxygen atoms in total. The SMILES string of the molecule is COc1cc(Cl)nc(NC(=O)c2cccc(Cl)c2)n1. The third-order valence-electron chi connectivity index (χ3n) is 2.19. The third kappa shape index (κ3) is 3.56. The molecule has 0 aliphatic heterocycles. The van der Waals surface area contributed by atoms with Gasteiger partial charge in [-0.15, -0.1) is 0 Å². The van der Waals surface area contributed by atoms with Gasteiger partial charge in [-0.1, -0.05) is 29.3 Å². The van der Waals surface area contributed by atoms with E-state index in [4.69, 9.17) is 27.9 Å². The second-order valence-corrected chi connectivity index (χ2v) is 4.34. The number of benzene rings is 1. The van der Waals surface area contributed by atoms with Crippen molar-refractivity contribution in [3.8, 4) is 5.88 Å². The zero-order valence-corrected chi connectivity index (χ0v) is 11.4. The van der Waals surface area contributed by atoms with E-state index in [0.717, 1.165) is 0 Å². The average Bonchev–Trinajstić information content (AvgIpc) is 2.38. The molecule has 0 atom stereocenters. The van der Waals surface area contributed by atoms with Crippen molar-refractivity contribution in [1.82, 2.24) is 9.97 Å². The van der Waals surface area contributed by atoms with Crippen LogP contribution in [0, 0.1) is 0 Å².